The Balaban J connectivity index is 1.71. The van der Waals surface area contributed by atoms with E-state index in [1.807, 2.05) is 25.4 Å². The van der Waals surface area contributed by atoms with Crippen molar-refractivity contribution in [1.29, 1.82) is 0 Å². The molecule has 0 amide bonds. The third kappa shape index (κ3) is 4.02. The van der Waals surface area contributed by atoms with Crippen LogP contribution in [0.3, 0.4) is 0 Å². The monoisotopic (exact) mass is 335 g/mol. The van der Waals surface area contributed by atoms with Gasteiger partial charge in [-0.05, 0) is 31.0 Å². The molecule has 1 aliphatic heterocycles. The SMILES string of the molecule is Cn1cc(Nc2cccc(NS(=O)(=O)N3CCCCC3)c2)cn1. The summed E-state index contributed by atoms with van der Waals surface area (Å²) in [5.41, 5.74) is 2.20. The van der Waals surface area contributed by atoms with Crippen LogP contribution in [0.4, 0.5) is 17.1 Å². The maximum atomic E-state index is 12.4. The van der Waals surface area contributed by atoms with Crippen molar-refractivity contribution in [1.82, 2.24) is 14.1 Å². The van der Waals surface area contributed by atoms with Gasteiger partial charge in [0, 0.05) is 32.0 Å². The van der Waals surface area contributed by atoms with Gasteiger partial charge in [0.2, 0.25) is 0 Å². The Morgan fingerprint density at radius 2 is 1.83 bits per heavy atom. The van der Waals surface area contributed by atoms with Crippen LogP contribution in [-0.4, -0.2) is 35.6 Å². The first-order valence-electron chi connectivity index (χ1n) is 7.66. The third-order valence-electron chi connectivity index (χ3n) is 3.76. The number of aryl methyl sites for hydroxylation is 1. The molecule has 1 fully saturated rings. The van der Waals surface area contributed by atoms with Crippen LogP contribution in [0.2, 0.25) is 0 Å². The lowest BCUT2D eigenvalue weighted by molar-refractivity contribution is 0.349. The molecule has 0 saturated carbocycles. The highest BCUT2D eigenvalue weighted by Gasteiger charge is 2.23. The van der Waals surface area contributed by atoms with E-state index in [0.29, 0.717) is 18.8 Å². The van der Waals surface area contributed by atoms with Gasteiger partial charge in [-0.2, -0.15) is 17.8 Å². The normalized spacial score (nSPS) is 16.2. The third-order valence-corrected chi connectivity index (χ3v) is 5.30. The molecular weight excluding hydrogens is 314 g/mol. The summed E-state index contributed by atoms with van der Waals surface area (Å²) in [5.74, 6) is 0. The molecule has 0 bridgehead atoms. The first-order valence-corrected chi connectivity index (χ1v) is 9.10. The summed E-state index contributed by atoms with van der Waals surface area (Å²) in [4.78, 5) is 0. The summed E-state index contributed by atoms with van der Waals surface area (Å²) in [6, 6.07) is 7.21. The van der Waals surface area contributed by atoms with Crippen LogP contribution < -0.4 is 10.0 Å². The van der Waals surface area contributed by atoms with Crippen LogP contribution in [0.1, 0.15) is 19.3 Å². The molecule has 1 aromatic heterocycles. The van der Waals surface area contributed by atoms with Crippen LogP contribution in [0, 0.1) is 0 Å². The van der Waals surface area contributed by atoms with Crippen molar-refractivity contribution in [3.63, 3.8) is 0 Å². The molecule has 8 heteroatoms. The molecule has 2 N–H and O–H groups in total. The summed E-state index contributed by atoms with van der Waals surface area (Å²) in [7, 11) is -1.64. The molecule has 0 radical (unpaired) electrons. The van der Waals surface area contributed by atoms with E-state index in [1.54, 1.807) is 23.0 Å². The van der Waals surface area contributed by atoms with Gasteiger partial charge >= 0.3 is 10.2 Å². The van der Waals surface area contributed by atoms with Crippen LogP contribution >= 0.6 is 0 Å². The number of rotatable bonds is 5. The molecule has 1 aromatic carbocycles. The highest BCUT2D eigenvalue weighted by Crippen LogP contribution is 2.22. The minimum absolute atomic E-state index is 0.546. The van der Waals surface area contributed by atoms with E-state index < -0.39 is 10.2 Å². The lowest BCUT2D eigenvalue weighted by atomic mass is 10.2. The summed E-state index contributed by atoms with van der Waals surface area (Å²) >= 11 is 0. The molecule has 0 spiro atoms. The van der Waals surface area contributed by atoms with E-state index in [-0.39, 0.29) is 0 Å². The zero-order valence-electron chi connectivity index (χ0n) is 13.1. The minimum atomic E-state index is -3.48. The lowest BCUT2D eigenvalue weighted by Gasteiger charge is -2.26. The van der Waals surface area contributed by atoms with Crippen molar-refractivity contribution in [2.45, 2.75) is 19.3 Å². The number of anilines is 3. The fourth-order valence-electron chi connectivity index (χ4n) is 2.63. The summed E-state index contributed by atoms with van der Waals surface area (Å²) < 4.78 is 30.7. The van der Waals surface area contributed by atoms with Crippen molar-refractivity contribution in [3.8, 4) is 0 Å². The van der Waals surface area contributed by atoms with Gasteiger partial charge < -0.3 is 5.32 Å². The van der Waals surface area contributed by atoms with Crippen molar-refractivity contribution in [2.75, 3.05) is 23.1 Å². The first kappa shape index (κ1) is 15.8. The first-order chi connectivity index (χ1) is 11.0. The Morgan fingerprint density at radius 3 is 2.52 bits per heavy atom. The molecule has 124 valence electrons. The highest BCUT2D eigenvalue weighted by molar-refractivity contribution is 7.90. The van der Waals surface area contributed by atoms with Gasteiger partial charge in [-0.1, -0.05) is 12.5 Å². The summed E-state index contributed by atoms with van der Waals surface area (Å²) in [6.45, 7) is 1.17. The number of hydrogen-bond acceptors (Lipinski definition) is 4. The topological polar surface area (TPSA) is 79.3 Å². The molecule has 23 heavy (non-hydrogen) atoms. The molecule has 7 nitrogen and oxygen atoms in total. The molecule has 3 rings (SSSR count). The Hall–Kier alpha value is -2.06. The van der Waals surface area contributed by atoms with Crippen LogP contribution in [-0.2, 0) is 17.3 Å². The van der Waals surface area contributed by atoms with E-state index >= 15 is 0 Å². The smallest absolute Gasteiger partial charge is 0.301 e. The maximum Gasteiger partial charge on any atom is 0.301 e. The molecule has 0 aliphatic carbocycles. The van der Waals surface area contributed by atoms with E-state index in [2.05, 4.69) is 15.1 Å². The molecule has 1 saturated heterocycles. The largest absolute Gasteiger partial charge is 0.353 e. The van der Waals surface area contributed by atoms with E-state index in [4.69, 9.17) is 0 Å². The second kappa shape index (κ2) is 6.59. The van der Waals surface area contributed by atoms with Crippen LogP contribution in [0.25, 0.3) is 0 Å². The number of piperidine rings is 1. The molecule has 0 atom stereocenters. The standard InChI is InChI=1S/C15H21N5O2S/c1-19-12-15(11-16-19)17-13-6-5-7-14(10-13)18-23(21,22)20-8-3-2-4-9-20/h5-7,10-12,17-18H,2-4,8-9H2,1H3. The number of benzene rings is 1. The van der Waals surface area contributed by atoms with E-state index in [9.17, 15) is 8.42 Å². The average Bonchev–Trinajstić information content (AvgIpc) is 2.93. The molecule has 1 aliphatic rings. The zero-order chi connectivity index (χ0) is 16.3. The van der Waals surface area contributed by atoms with Crippen molar-refractivity contribution >= 4 is 27.3 Å². The number of nitrogens with one attached hydrogen (secondary N) is 2. The summed E-state index contributed by atoms with van der Waals surface area (Å²) in [6.07, 6.45) is 6.50. The van der Waals surface area contributed by atoms with Gasteiger partial charge in [0.05, 0.1) is 17.6 Å². The van der Waals surface area contributed by atoms with Gasteiger partial charge in [-0.25, -0.2) is 0 Å². The highest BCUT2D eigenvalue weighted by atomic mass is 32.2. The summed E-state index contributed by atoms with van der Waals surface area (Å²) in [5, 5.41) is 7.29. The maximum absolute atomic E-state index is 12.4. The second-order valence-corrected chi connectivity index (χ2v) is 7.35. The molecule has 0 unspecified atom stereocenters. The average molecular weight is 335 g/mol. The number of aromatic nitrogens is 2. The Bertz CT molecular complexity index is 766. The fourth-order valence-corrected chi connectivity index (χ4v) is 3.92. The Morgan fingerprint density at radius 1 is 1.09 bits per heavy atom. The van der Waals surface area contributed by atoms with Crippen LogP contribution in [0.15, 0.2) is 36.7 Å². The quantitative estimate of drug-likeness (QED) is 0.879. The van der Waals surface area contributed by atoms with Gasteiger partial charge in [0.1, 0.15) is 0 Å². The van der Waals surface area contributed by atoms with Gasteiger partial charge in [0.15, 0.2) is 0 Å². The predicted molar refractivity (Wildman–Crippen MR) is 90.9 cm³/mol. The number of hydrogen-bond donors (Lipinski definition) is 2. The zero-order valence-corrected chi connectivity index (χ0v) is 13.9. The lowest BCUT2D eigenvalue weighted by Crippen LogP contribution is -2.39. The number of nitrogens with zero attached hydrogens (tertiary/aromatic N) is 3. The van der Waals surface area contributed by atoms with E-state index in [1.165, 1.54) is 4.31 Å². The van der Waals surface area contributed by atoms with Gasteiger partial charge in [-0.15, -0.1) is 0 Å². The van der Waals surface area contributed by atoms with Crippen molar-refractivity contribution < 1.29 is 8.42 Å². The molecular formula is C15H21N5O2S. The second-order valence-electron chi connectivity index (χ2n) is 5.68. The van der Waals surface area contributed by atoms with Gasteiger partial charge in [-0.3, -0.25) is 9.40 Å². The predicted octanol–water partition coefficient (Wildman–Crippen LogP) is 2.31. The van der Waals surface area contributed by atoms with Crippen molar-refractivity contribution in [3.05, 3.63) is 36.7 Å². The Kier molecular flexibility index (Phi) is 4.53. The molecule has 2 aromatic rings. The van der Waals surface area contributed by atoms with Gasteiger partial charge in [0.25, 0.3) is 0 Å². The van der Waals surface area contributed by atoms with Crippen LogP contribution in [0.5, 0.6) is 0 Å². The van der Waals surface area contributed by atoms with Crippen molar-refractivity contribution in [2.24, 2.45) is 7.05 Å². The fraction of sp³-hybridized carbons (Fsp3) is 0.400. The molecule has 2 heterocycles. The van der Waals surface area contributed by atoms with E-state index in [0.717, 1.165) is 30.6 Å². The minimum Gasteiger partial charge on any atom is -0.353 e. The Labute approximate surface area is 136 Å².